The maximum atomic E-state index is 13.1. The van der Waals surface area contributed by atoms with E-state index in [9.17, 15) is 14.3 Å². The Hall–Kier alpha value is -1.70. The Morgan fingerprint density at radius 3 is 2.88 bits per heavy atom. The van der Waals surface area contributed by atoms with Crippen LogP contribution in [0.25, 0.3) is 0 Å². The van der Waals surface area contributed by atoms with Crippen molar-refractivity contribution >= 4 is 5.91 Å². The van der Waals surface area contributed by atoms with Crippen LogP contribution in [0.1, 0.15) is 6.42 Å². The first-order chi connectivity index (χ1) is 11.5. The molecule has 0 radical (unpaired) electrons. The Labute approximate surface area is 140 Å². The second-order valence-corrected chi connectivity index (χ2v) is 6.42. The van der Waals surface area contributed by atoms with Crippen molar-refractivity contribution in [3.8, 4) is 5.75 Å². The summed E-state index contributed by atoms with van der Waals surface area (Å²) in [5.74, 6) is -0.274. The summed E-state index contributed by atoms with van der Waals surface area (Å²) < 4.78 is 23.7. The summed E-state index contributed by atoms with van der Waals surface area (Å²) >= 11 is 0. The topological polar surface area (TPSA) is 62.2 Å². The molecule has 2 fully saturated rings. The van der Waals surface area contributed by atoms with Gasteiger partial charge in [-0.3, -0.25) is 9.69 Å². The van der Waals surface area contributed by atoms with E-state index < -0.39 is 11.4 Å². The zero-order chi connectivity index (χ0) is 17.0. The largest absolute Gasteiger partial charge is 0.484 e. The molecule has 1 atom stereocenters. The molecule has 0 spiro atoms. The Morgan fingerprint density at radius 2 is 2.12 bits per heavy atom. The quantitative estimate of drug-likeness (QED) is 0.847. The van der Waals surface area contributed by atoms with Crippen molar-refractivity contribution in [3.05, 3.63) is 30.1 Å². The van der Waals surface area contributed by atoms with Crippen LogP contribution in [0.3, 0.4) is 0 Å². The molecule has 1 aromatic carbocycles. The van der Waals surface area contributed by atoms with Crippen molar-refractivity contribution in [2.45, 2.75) is 12.0 Å². The molecule has 132 valence electrons. The molecule has 0 bridgehead atoms. The Bertz CT molecular complexity index is 579. The van der Waals surface area contributed by atoms with Gasteiger partial charge in [0.15, 0.2) is 6.61 Å². The van der Waals surface area contributed by atoms with Gasteiger partial charge in [0.25, 0.3) is 5.91 Å². The van der Waals surface area contributed by atoms with Crippen molar-refractivity contribution in [2.24, 2.45) is 0 Å². The van der Waals surface area contributed by atoms with Crippen LogP contribution >= 0.6 is 0 Å². The highest BCUT2D eigenvalue weighted by molar-refractivity contribution is 5.78. The zero-order valence-corrected chi connectivity index (χ0v) is 13.6. The van der Waals surface area contributed by atoms with E-state index in [1.54, 1.807) is 11.0 Å². The molecule has 7 heteroatoms. The van der Waals surface area contributed by atoms with Gasteiger partial charge < -0.3 is 19.5 Å². The van der Waals surface area contributed by atoms with Crippen LogP contribution in [0.5, 0.6) is 5.75 Å². The maximum absolute atomic E-state index is 13.1. The van der Waals surface area contributed by atoms with Gasteiger partial charge in [-0.2, -0.15) is 0 Å². The van der Waals surface area contributed by atoms with Gasteiger partial charge in [-0.1, -0.05) is 6.07 Å². The zero-order valence-electron chi connectivity index (χ0n) is 13.6. The van der Waals surface area contributed by atoms with E-state index >= 15 is 0 Å². The number of amides is 1. The van der Waals surface area contributed by atoms with Crippen molar-refractivity contribution in [2.75, 3.05) is 52.5 Å². The van der Waals surface area contributed by atoms with E-state index in [0.717, 1.165) is 13.1 Å². The first kappa shape index (κ1) is 17.1. The number of carbonyl (C=O) groups excluding carboxylic acids is 1. The molecular formula is C17H23FN2O4. The molecule has 2 heterocycles. The number of hydrogen-bond acceptors (Lipinski definition) is 5. The highest BCUT2D eigenvalue weighted by atomic mass is 19.1. The van der Waals surface area contributed by atoms with Gasteiger partial charge >= 0.3 is 0 Å². The number of ether oxygens (including phenoxy) is 2. The maximum Gasteiger partial charge on any atom is 0.260 e. The van der Waals surface area contributed by atoms with Gasteiger partial charge in [-0.05, 0) is 18.6 Å². The normalized spacial score (nSPS) is 25.0. The molecule has 0 saturated carbocycles. The predicted molar refractivity (Wildman–Crippen MR) is 85.3 cm³/mol. The summed E-state index contributed by atoms with van der Waals surface area (Å²) in [6.45, 7) is 4.17. The van der Waals surface area contributed by atoms with Crippen molar-refractivity contribution < 1.29 is 23.8 Å². The Kier molecular flexibility index (Phi) is 5.33. The van der Waals surface area contributed by atoms with Crippen LogP contribution in [-0.2, 0) is 9.53 Å². The second-order valence-electron chi connectivity index (χ2n) is 6.42. The molecular weight excluding hydrogens is 315 g/mol. The number of morpholine rings is 1. The number of β-amino-alcohol motifs (C(OH)–C–C–N with tert-alkyl or cyclic N) is 1. The van der Waals surface area contributed by atoms with Crippen LogP contribution in [0, 0.1) is 5.82 Å². The third-order valence-corrected chi connectivity index (χ3v) is 4.46. The van der Waals surface area contributed by atoms with Crippen molar-refractivity contribution in [3.63, 3.8) is 0 Å². The average molecular weight is 338 g/mol. The third-order valence-electron chi connectivity index (χ3n) is 4.46. The first-order valence-corrected chi connectivity index (χ1v) is 8.23. The second kappa shape index (κ2) is 7.46. The molecule has 1 N–H and O–H groups in total. The van der Waals surface area contributed by atoms with Crippen LogP contribution in [-0.4, -0.2) is 79.0 Å². The van der Waals surface area contributed by atoms with Crippen LogP contribution in [0.2, 0.25) is 0 Å². The molecule has 0 aromatic heterocycles. The summed E-state index contributed by atoms with van der Waals surface area (Å²) in [7, 11) is 0. The van der Waals surface area contributed by atoms with E-state index in [-0.39, 0.29) is 12.5 Å². The summed E-state index contributed by atoms with van der Waals surface area (Å²) in [5.41, 5.74) is -0.883. The minimum atomic E-state index is -0.883. The summed E-state index contributed by atoms with van der Waals surface area (Å²) in [5, 5.41) is 10.7. The van der Waals surface area contributed by atoms with E-state index in [1.807, 2.05) is 0 Å². The van der Waals surface area contributed by atoms with Crippen LogP contribution < -0.4 is 4.74 Å². The molecule has 24 heavy (non-hydrogen) atoms. The average Bonchev–Trinajstić information content (AvgIpc) is 2.96. The molecule has 1 amide bonds. The number of aliphatic hydroxyl groups is 1. The monoisotopic (exact) mass is 338 g/mol. The minimum absolute atomic E-state index is 0.156. The summed E-state index contributed by atoms with van der Waals surface area (Å²) in [6.07, 6.45) is 0.552. The lowest BCUT2D eigenvalue weighted by molar-refractivity contribution is -0.133. The SMILES string of the molecule is O=C(COc1cccc(F)c1)N1CCC(O)(CN2CCOCC2)C1. The number of benzene rings is 1. The van der Waals surface area contributed by atoms with E-state index in [1.165, 1.54) is 18.2 Å². The fourth-order valence-electron chi connectivity index (χ4n) is 3.17. The van der Waals surface area contributed by atoms with Crippen LogP contribution in [0.4, 0.5) is 4.39 Å². The van der Waals surface area contributed by atoms with Crippen LogP contribution in [0.15, 0.2) is 24.3 Å². The fraction of sp³-hybridized carbons (Fsp3) is 0.588. The molecule has 1 unspecified atom stereocenters. The van der Waals surface area contributed by atoms with E-state index in [2.05, 4.69) is 4.90 Å². The van der Waals surface area contributed by atoms with Gasteiger partial charge in [0, 0.05) is 32.2 Å². The molecule has 6 nitrogen and oxygen atoms in total. The van der Waals surface area contributed by atoms with E-state index in [4.69, 9.17) is 9.47 Å². The number of nitrogens with zero attached hydrogens (tertiary/aromatic N) is 2. The van der Waals surface area contributed by atoms with Crippen molar-refractivity contribution in [1.29, 1.82) is 0 Å². The number of likely N-dealkylation sites (tertiary alicyclic amines) is 1. The smallest absolute Gasteiger partial charge is 0.260 e. The fourth-order valence-corrected chi connectivity index (χ4v) is 3.17. The van der Waals surface area contributed by atoms with Gasteiger partial charge in [0.2, 0.25) is 0 Å². The summed E-state index contributed by atoms with van der Waals surface area (Å²) in [4.78, 5) is 16.0. The molecule has 2 aliphatic heterocycles. The highest BCUT2D eigenvalue weighted by Gasteiger charge is 2.39. The standard InChI is InChI=1S/C17H23FN2O4/c18-14-2-1-3-15(10-14)24-11-16(21)20-5-4-17(22,13-20)12-19-6-8-23-9-7-19/h1-3,10,22H,4-9,11-13H2. The molecule has 2 aliphatic rings. The predicted octanol–water partition coefficient (Wildman–Crippen LogP) is 0.500. The highest BCUT2D eigenvalue weighted by Crippen LogP contribution is 2.23. The lowest BCUT2D eigenvalue weighted by atomic mass is 10.0. The third kappa shape index (κ3) is 4.43. The molecule has 2 saturated heterocycles. The van der Waals surface area contributed by atoms with Gasteiger partial charge in [-0.25, -0.2) is 4.39 Å². The van der Waals surface area contributed by atoms with Gasteiger partial charge in [-0.15, -0.1) is 0 Å². The van der Waals surface area contributed by atoms with E-state index in [0.29, 0.717) is 45.0 Å². The summed E-state index contributed by atoms with van der Waals surface area (Å²) in [6, 6.07) is 5.70. The van der Waals surface area contributed by atoms with Crippen molar-refractivity contribution in [1.82, 2.24) is 9.80 Å². The molecule has 0 aliphatic carbocycles. The number of rotatable bonds is 5. The first-order valence-electron chi connectivity index (χ1n) is 8.23. The number of carbonyl (C=O) groups is 1. The molecule has 1 aromatic rings. The van der Waals surface area contributed by atoms with Gasteiger partial charge in [0.05, 0.1) is 25.4 Å². The number of hydrogen-bond donors (Lipinski definition) is 1. The minimum Gasteiger partial charge on any atom is -0.484 e. The molecule has 3 rings (SSSR count). The number of halogens is 1. The van der Waals surface area contributed by atoms with Gasteiger partial charge in [0.1, 0.15) is 11.6 Å². The lowest BCUT2D eigenvalue weighted by Crippen LogP contribution is -2.49. The Morgan fingerprint density at radius 1 is 1.33 bits per heavy atom. The lowest BCUT2D eigenvalue weighted by Gasteiger charge is -2.33. The Balaban J connectivity index is 1.48.